The van der Waals surface area contributed by atoms with Gasteiger partial charge in [0, 0.05) is 53.9 Å². The van der Waals surface area contributed by atoms with Crippen LogP contribution in [0.5, 0.6) is 0 Å². The highest BCUT2D eigenvalue weighted by atomic mass is 35.5. The third-order valence-corrected chi connectivity index (χ3v) is 4.19. The number of fused-ring (bicyclic) bond motifs is 1. The molecule has 0 aromatic carbocycles. The SMILES string of the molecule is CC(C)(C)Nc1nc(-c2cnc(N)nc2)cc2c1CN(CCO)C=C2Cl. The van der Waals surface area contributed by atoms with Gasteiger partial charge in [0.25, 0.3) is 0 Å². The monoisotopic (exact) mass is 374 g/mol. The Kier molecular flexibility index (Phi) is 5.02. The van der Waals surface area contributed by atoms with Crippen molar-refractivity contribution in [3.63, 3.8) is 0 Å². The summed E-state index contributed by atoms with van der Waals surface area (Å²) in [7, 11) is 0. The first-order valence-electron chi connectivity index (χ1n) is 8.39. The third kappa shape index (κ3) is 4.05. The van der Waals surface area contributed by atoms with Crippen LogP contribution in [0.15, 0.2) is 24.7 Å². The lowest BCUT2D eigenvalue weighted by atomic mass is 10.0. The van der Waals surface area contributed by atoms with Gasteiger partial charge in [-0.25, -0.2) is 15.0 Å². The van der Waals surface area contributed by atoms with Gasteiger partial charge in [-0.3, -0.25) is 0 Å². The highest BCUT2D eigenvalue weighted by molar-refractivity contribution is 6.49. The molecule has 0 spiro atoms. The second-order valence-electron chi connectivity index (χ2n) is 7.26. The fourth-order valence-corrected chi connectivity index (χ4v) is 3.08. The highest BCUT2D eigenvalue weighted by Gasteiger charge is 2.24. The number of nitrogens with two attached hydrogens (primary N) is 1. The summed E-state index contributed by atoms with van der Waals surface area (Å²) in [5, 5.41) is 13.3. The van der Waals surface area contributed by atoms with Crippen molar-refractivity contribution in [1.82, 2.24) is 19.9 Å². The van der Waals surface area contributed by atoms with Gasteiger partial charge in [-0.15, -0.1) is 0 Å². The van der Waals surface area contributed by atoms with Crippen molar-refractivity contribution >= 4 is 28.4 Å². The molecule has 26 heavy (non-hydrogen) atoms. The van der Waals surface area contributed by atoms with Crippen LogP contribution < -0.4 is 11.1 Å². The fraction of sp³-hybridized carbons (Fsp3) is 0.389. The molecule has 2 aromatic heterocycles. The number of pyridine rings is 1. The van der Waals surface area contributed by atoms with E-state index < -0.39 is 0 Å². The van der Waals surface area contributed by atoms with E-state index in [4.69, 9.17) is 22.3 Å². The summed E-state index contributed by atoms with van der Waals surface area (Å²) >= 11 is 6.54. The second kappa shape index (κ2) is 7.09. The number of β-amino-alcohol motifs (C(OH)–C–C–N with tert-alkyl or cyclic N) is 1. The Morgan fingerprint density at radius 1 is 1.31 bits per heavy atom. The minimum atomic E-state index is -0.174. The number of aliphatic hydroxyl groups is 1. The number of halogens is 1. The lowest BCUT2D eigenvalue weighted by Crippen LogP contribution is -2.30. The van der Waals surface area contributed by atoms with Crippen molar-refractivity contribution in [2.45, 2.75) is 32.9 Å². The van der Waals surface area contributed by atoms with E-state index in [1.807, 2.05) is 17.2 Å². The van der Waals surface area contributed by atoms with Crippen LogP contribution in [0, 0.1) is 0 Å². The van der Waals surface area contributed by atoms with Crippen molar-refractivity contribution in [2.75, 3.05) is 24.2 Å². The summed E-state index contributed by atoms with van der Waals surface area (Å²) in [5.41, 5.74) is 8.81. The average molecular weight is 375 g/mol. The van der Waals surface area contributed by atoms with Crippen molar-refractivity contribution in [2.24, 2.45) is 0 Å². The molecule has 0 saturated heterocycles. The molecule has 0 atom stereocenters. The minimum absolute atomic E-state index is 0.0618. The molecule has 0 unspecified atom stereocenters. The van der Waals surface area contributed by atoms with Gasteiger partial charge in [-0.1, -0.05) is 11.6 Å². The van der Waals surface area contributed by atoms with Crippen LogP contribution in [0.3, 0.4) is 0 Å². The first-order chi connectivity index (χ1) is 12.3. The van der Waals surface area contributed by atoms with Crippen molar-refractivity contribution in [1.29, 1.82) is 0 Å². The lowest BCUT2D eigenvalue weighted by molar-refractivity contribution is 0.232. The first kappa shape index (κ1) is 18.4. The molecule has 8 heteroatoms. The molecule has 0 bridgehead atoms. The number of aliphatic hydroxyl groups excluding tert-OH is 1. The molecule has 1 aliphatic rings. The maximum atomic E-state index is 9.25. The summed E-state index contributed by atoms with van der Waals surface area (Å²) in [4.78, 5) is 14.9. The van der Waals surface area contributed by atoms with Gasteiger partial charge >= 0.3 is 0 Å². The number of aromatic nitrogens is 3. The van der Waals surface area contributed by atoms with Gasteiger partial charge in [-0.05, 0) is 26.8 Å². The van der Waals surface area contributed by atoms with Crippen LogP contribution >= 0.6 is 11.6 Å². The predicted octanol–water partition coefficient (Wildman–Crippen LogP) is 2.68. The molecule has 1 aliphatic heterocycles. The topological polar surface area (TPSA) is 100 Å². The minimum Gasteiger partial charge on any atom is -0.395 e. The maximum Gasteiger partial charge on any atom is 0.219 e. The summed E-state index contributed by atoms with van der Waals surface area (Å²) in [5.74, 6) is 0.980. The zero-order valence-corrected chi connectivity index (χ0v) is 15.9. The van der Waals surface area contributed by atoms with Gasteiger partial charge < -0.3 is 21.1 Å². The Morgan fingerprint density at radius 3 is 2.62 bits per heavy atom. The molecule has 3 heterocycles. The zero-order chi connectivity index (χ0) is 18.9. The van der Waals surface area contributed by atoms with Gasteiger partial charge in [0.05, 0.1) is 17.3 Å². The molecule has 0 aliphatic carbocycles. The Balaban J connectivity index is 2.12. The van der Waals surface area contributed by atoms with Crippen LogP contribution in [-0.4, -0.2) is 43.6 Å². The average Bonchev–Trinajstić information content (AvgIpc) is 2.55. The number of hydrogen-bond acceptors (Lipinski definition) is 7. The van der Waals surface area contributed by atoms with Gasteiger partial charge in [-0.2, -0.15) is 0 Å². The highest BCUT2D eigenvalue weighted by Crippen LogP contribution is 2.36. The van der Waals surface area contributed by atoms with E-state index in [1.165, 1.54) is 0 Å². The lowest BCUT2D eigenvalue weighted by Gasteiger charge is -2.31. The summed E-state index contributed by atoms with van der Waals surface area (Å²) < 4.78 is 0. The number of anilines is 2. The standard InChI is InChI=1S/C18H23ClN6O/c1-18(2,3)24-16-13-9-25(4-5-26)10-14(19)12(13)6-15(23-16)11-7-21-17(20)22-8-11/h6-8,10,26H,4-5,9H2,1-3H3,(H,23,24)(H2,20,21,22). The van der Waals surface area contributed by atoms with E-state index in [0.29, 0.717) is 18.1 Å². The normalized spacial score (nSPS) is 14.0. The van der Waals surface area contributed by atoms with Crippen LogP contribution in [0.1, 0.15) is 31.9 Å². The van der Waals surface area contributed by atoms with Crippen LogP contribution in [0.4, 0.5) is 11.8 Å². The molecular formula is C18H23ClN6O. The second-order valence-corrected chi connectivity index (χ2v) is 7.67. The van der Waals surface area contributed by atoms with E-state index in [2.05, 4.69) is 36.1 Å². The van der Waals surface area contributed by atoms with E-state index in [1.54, 1.807) is 12.4 Å². The Hall–Kier alpha value is -2.38. The number of nitrogens with zero attached hydrogens (tertiary/aromatic N) is 4. The number of hydrogen-bond donors (Lipinski definition) is 3. The van der Waals surface area contributed by atoms with Gasteiger partial charge in [0.1, 0.15) is 5.82 Å². The smallest absolute Gasteiger partial charge is 0.219 e. The van der Waals surface area contributed by atoms with Crippen LogP contribution in [0.25, 0.3) is 16.3 Å². The third-order valence-electron chi connectivity index (χ3n) is 3.89. The van der Waals surface area contributed by atoms with E-state index in [-0.39, 0.29) is 18.1 Å². The summed E-state index contributed by atoms with van der Waals surface area (Å²) in [6, 6.07) is 1.94. The quantitative estimate of drug-likeness (QED) is 0.756. The number of nitrogen functional groups attached to an aromatic ring is 1. The molecule has 3 rings (SSSR count). The number of rotatable bonds is 4. The molecule has 0 radical (unpaired) electrons. The molecule has 7 nitrogen and oxygen atoms in total. The van der Waals surface area contributed by atoms with Crippen molar-refractivity contribution < 1.29 is 5.11 Å². The van der Waals surface area contributed by atoms with Crippen LogP contribution in [0.2, 0.25) is 0 Å². The number of nitrogens with one attached hydrogen (secondary N) is 1. The molecule has 0 fully saturated rings. The Morgan fingerprint density at radius 2 is 2.00 bits per heavy atom. The molecule has 4 N–H and O–H groups in total. The maximum absolute atomic E-state index is 9.25. The Bertz CT molecular complexity index is 829. The van der Waals surface area contributed by atoms with E-state index in [9.17, 15) is 5.11 Å². The molecule has 0 saturated carbocycles. The first-order valence-corrected chi connectivity index (χ1v) is 8.77. The van der Waals surface area contributed by atoms with E-state index >= 15 is 0 Å². The zero-order valence-electron chi connectivity index (χ0n) is 15.1. The molecule has 2 aromatic rings. The van der Waals surface area contributed by atoms with Crippen LogP contribution in [-0.2, 0) is 6.54 Å². The Labute approximate surface area is 157 Å². The van der Waals surface area contributed by atoms with Crippen molar-refractivity contribution in [3.8, 4) is 11.3 Å². The summed E-state index contributed by atoms with van der Waals surface area (Å²) in [6.07, 6.45) is 5.15. The molecular weight excluding hydrogens is 352 g/mol. The fourth-order valence-electron chi connectivity index (χ4n) is 2.77. The molecule has 138 valence electrons. The van der Waals surface area contributed by atoms with Gasteiger partial charge in [0.15, 0.2) is 0 Å². The summed E-state index contributed by atoms with van der Waals surface area (Å²) in [6.45, 7) is 7.42. The van der Waals surface area contributed by atoms with E-state index in [0.717, 1.165) is 28.2 Å². The van der Waals surface area contributed by atoms with Gasteiger partial charge in [0.2, 0.25) is 5.95 Å². The van der Waals surface area contributed by atoms with Crippen molar-refractivity contribution in [3.05, 3.63) is 35.8 Å². The molecule has 0 amide bonds. The predicted molar refractivity (Wildman–Crippen MR) is 104 cm³/mol. The largest absolute Gasteiger partial charge is 0.395 e.